The summed E-state index contributed by atoms with van der Waals surface area (Å²) in [7, 11) is 0. The Morgan fingerprint density at radius 3 is 2.35 bits per heavy atom. The van der Waals surface area contributed by atoms with Gasteiger partial charge in [0, 0.05) is 12.3 Å². The molecule has 0 saturated heterocycles. The summed E-state index contributed by atoms with van der Waals surface area (Å²) in [6.45, 7) is 2.08. The number of rotatable bonds is 10. The van der Waals surface area contributed by atoms with E-state index in [2.05, 4.69) is 5.32 Å². The Balaban J connectivity index is 4.22. The molecule has 0 spiro atoms. The molecule has 116 valence electrons. The highest BCUT2D eigenvalue weighted by atomic mass is 16.5. The van der Waals surface area contributed by atoms with Gasteiger partial charge in [-0.1, -0.05) is 6.92 Å². The number of nitrogens with two attached hydrogens (primary N) is 1. The molecule has 0 radical (unpaired) electrons. The van der Waals surface area contributed by atoms with Crippen LogP contribution in [0.2, 0.25) is 0 Å². The fraction of sp³-hybridized carbons (Fsp3) is 0.750. The highest BCUT2D eigenvalue weighted by Crippen LogP contribution is 2.08. The fourth-order valence-corrected chi connectivity index (χ4v) is 1.60. The molecular formula is C12H23N3O5. The van der Waals surface area contributed by atoms with Crippen molar-refractivity contribution in [3.8, 4) is 0 Å². The lowest BCUT2D eigenvalue weighted by molar-refractivity contribution is -0.142. The van der Waals surface area contributed by atoms with Crippen molar-refractivity contribution < 1.29 is 24.7 Å². The van der Waals surface area contributed by atoms with Crippen molar-refractivity contribution in [1.82, 2.24) is 10.8 Å². The maximum absolute atomic E-state index is 11.8. The van der Waals surface area contributed by atoms with E-state index in [0.717, 1.165) is 0 Å². The van der Waals surface area contributed by atoms with Crippen molar-refractivity contribution in [2.45, 2.75) is 45.1 Å². The smallest absolute Gasteiger partial charge is 0.326 e. The predicted octanol–water partition coefficient (Wildman–Crippen LogP) is -0.393. The number of carboxylic acids is 1. The van der Waals surface area contributed by atoms with Crippen LogP contribution in [0.3, 0.4) is 0 Å². The van der Waals surface area contributed by atoms with E-state index < -0.39 is 29.7 Å². The first kappa shape index (κ1) is 18.3. The van der Waals surface area contributed by atoms with Crippen LogP contribution in [0.4, 0.5) is 0 Å². The Hall–Kier alpha value is -1.67. The largest absolute Gasteiger partial charge is 0.480 e. The van der Waals surface area contributed by atoms with Gasteiger partial charge in [-0.3, -0.25) is 14.8 Å². The SMILES string of the molecule is CC(CCC(=O)NO)C(=O)N[C@@H](CCCCN)C(=O)O. The van der Waals surface area contributed by atoms with Crippen LogP contribution in [0.1, 0.15) is 39.0 Å². The second-order valence-corrected chi connectivity index (χ2v) is 4.66. The molecule has 20 heavy (non-hydrogen) atoms. The normalized spacial score (nSPS) is 13.3. The first-order valence-electron chi connectivity index (χ1n) is 6.58. The molecular weight excluding hydrogens is 266 g/mol. The van der Waals surface area contributed by atoms with Crippen LogP contribution in [0.25, 0.3) is 0 Å². The average Bonchev–Trinajstić information content (AvgIpc) is 2.42. The van der Waals surface area contributed by atoms with Crippen LogP contribution in [-0.2, 0) is 14.4 Å². The quantitative estimate of drug-likeness (QED) is 0.210. The summed E-state index contributed by atoms with van der Waals surface area (Å²) < 4.78 is 0. The number of carbonyl (C=O) groups excluding carboxylic acids is 2. The number of hydrogen-bond acceptors (Lipinski definition) is 5. The van der Waals surface area contributed by atoms with Gasteiger partial charge < -0.3 is 16.2 Å². The van der Waals surface area contributed by atoms with Gasteiger partial charge in [0.2, 0.25) is 11.8 Å². The van der Waals surface area contributed by atoms with Gasteiger partial charge in [0.25, 0.3) is 0 Å². The zero-order valence-electron chi connectivity index (χ0n) is 11.6. The number of amides is 2. The number of aliphatic carboxylic acids is 1. The van der Waals surface area contributed by atoms with Crippen molar-refractivity contribution >= 4 is 17.8 Å². The first-order chi connectivity index (χ1) is 9.42. The molecule has 6 N–H and O–H groups in total. The lowest BCUT2D eigenvalue weighted by atomic mass is 10.0. The lowest BCUT2D eigenvalue weighted by Crippen LogP contribution is -2.43. The molecule has 2 atom stereocenters. The molecule has 0 saturated carbocycles. The van der Waals surface area contributed by atoms with Crippen molar-refractivity contribution in [3.63, 3.8) is 0 Å². The molecule has 0 heterocycles. The van der Waals surface area contributed by atoms with Crippen LogP contribution in [-0.4, -0.2) is 40.7 Å². The standard InChI is InChI=1S/C12H23N3O5/c1-8(5-6-10(16)15-20)11(17)14-9(12(18)19)4-2-3-7-13/h8-9,20H,2-7,13H2,1H3,(H,14,17)(H,15,16)(H,18,19)/t8?,9-/m0/s1. The number of carboxylic acid groups (broad SMARTS) is 1. The summed E-state index contributed by atoms with van der Waals surface area (Å²) in [5.41, 5.74) is 6.80. The van der Waals surface area contributed by atoms with E-state index in [4.69, 9.17) is 16.0 Å². The van der Waals surface area contributed by atoms with Crippen molar-refractivity contribution in [2.75, 3.05) is 6.54 Å². The molecule has 0 fully saturated rings. The number of hydrogen-bond donors (Lipinski definition) is 5. The second kappa shape index (κ2) is 10.2. The molecule has 0 aliphatic carbocycles. The molecule has 1 unspecified atom stereocenters. The Bertz CT molecular complexity index is 335. The summed E-state index contributed by atoms with van der Waals surface area (Å²) in [5.74, 6) is -2.60. The molecule has 8 heteroatoms. The van der Waals surface area contributed by atoms with Gasteiger partial charge >= 0.3 is 5.97 Å². The van der Waals surface area contributed by atoms with Gasteiger partial charge in [-0.05, 0) is 32.2 Å². The van der Waals surface area contributed by atoms with Crippen molar-refractivity contribution in [3.05, 3.63) is 0 Å². The van der Waals surface area contributed by atoms with Gasteiger partial charge in [-0.15, -0.1) is 0 Å². The first-order valence-corrected chi connectivity index (χ1v) is 6.58. The van der Waals surface area contributed by atoms with E-state index in [0.29, 0.717) is 25.8 Å². The summed E-state index contributed by atoms with van der Waals surface area (Å²) in [4.78, 5) is 33.7. The zero-order chi connectivity index (χ0) is 15.5. The number of nitrogens with one attached hydrogen (secondary N) is 2. The highest BCUT2D eigenvalue weighted by Gasteiger charge is 2.22. The third-order valence-electron chi connectivity index (χ3n) is 2.94. The van der Waals surface area contributed by atoms with Gasteiger partial charge in [0.15, 0.2) is 0 Å². The molecule has 2 amide bonds. The predicted molar refractivity (Wildman–Crippen MR) is 70.8 cm³/mol. The van der Waals surface area contributed by atoms with Gasteiger partial charge in [0.05, 0.1) is 0 Å². The maximum Gasteiger partial charge on any atom is 0.326 e. The molecule has 0 bridgehead atoms. The molecule has 0 aliphatic heterocycles. The van der Waals surface area contributed by atoms with Crippen LogP contribution in [0.5, 0.6) is 0 Å². The van der Waals surface area contributed by atoms with Crippen LogP contribution in [0, 0.1) is 5.92 Å². The zero-order valence-corrected chi connectivity index (χ0v) is 11.6. The monoisotopic (exact) mass is 289 g/mol. The number of hydroxylamine groups is 1. The van der Waals surface area contributed by atoms with Gasteiger partial charge in [0.1, 0.15) is 6.04 Å². The summed E-state index contributed by atoms with van der Waals surface area (Å²) >= 11 is 0. The Morgan fingerprint density at radius 2 is 1.85 bits per heavy atom. The second-order valence-electron chi connectivity index (χ2n) is 4.66. The minimum atomic E-state index is -1.09. The Morgan fingerprint density at radius 1 is 1.20 bits per heavy atom. The van der Waals surface area contributed by atoms with Crippen LogP contribution >= 0.6 is 0 Å². The summed E-state index contributed by atoms with van der Waals surface area (Å²) in [6, 6.07) is -0.942. The van der Waals surface area contributed by atoms with Crippen LogP contribution < -0.4 is 16.5 Å². The van der Waals surface area contributed by atoms with E-state index in [9.17, 15) is 14.4 Å². The Labute approximate surface area is 117 Å². The van der Waals surface area contributed by atoms with Crippen molar-refractivity contribution in [1.29, 1.82) is 0 Å². The summed E-state index contributed by atoms with van der Waals surface area (Å²) in [5, 5.41) is 19.8. The van der Waals surface area contributed by atoms with E-state index in [1.165, 1.54) is 5.48 Å². The maximum atomic E-state index is 11.8. The third kappa shape index (κ3) is 7.70. The molecule has 0 aromatic heterocycles. The van der Waals surface area contributed by atoms with E-state index in [1.54, 1.807) is 6.92 Å². The molecule has 0 rings (SSSR count). The number of carbonyl (C=O) groups is 3. The minimum absolute atomic E-state index is 0.00397. The van der Waals surface area contributed by atoms with Crippen molar-refractivity contribution in [2.24, 2.45) is 11.7 Å². The van der Waals surface area contributed by atoms with E-state index in [-0.39, 0.29) is 12.8 Å². The lowest BCUT2D eigenvalue weighted by Gasteiger charge is -2.17. The minimum Gasteiger partial charge on any atom is -0.480 e. The summed E-state index contributed by atoms with van der Waals surface area (Å²) in [6.07, 6.45) is 1.87. The molecule has 0 aromatic rings. The number of unbranched alkanes of at least 4 members (excludes halogenated alkanes) is 1. The topological polar surface area (TPSA) is 142 Å². The van der Waals surface area contributed by atoms with E-state index >= 15 is 0 Å². The van der Waals surface area contributed by atoms with Gasteiger partial charge in [-0.2, -0.15) is 0 Å². The van der Waals surface area contributed by atoms with E-state index in [1.807, 2.05) is 0 Å². The Kier molecular flexibility index (Phi) is 9.31. The van der Waals surface area contributed by atoms with Gasteiger partial charge in [-0.25, -0.2) is 10.3 Å². The molecule has 0 aromatic carbocycles. The third-order valence-corrected chi connectivity index (χ3v) is 2.94. The fourth-order valence-electron chi connectivity index (χ4n) is 1.60. The molecule has 8 nitrogen and oxygen atoms in total. The van der Waals surface area contributed by atoms with Crippen LogP contribution in [0.15, 0.2) is 0 Å². The average molecular weight is 289 g/mol. The molecule has 0 aliphatic rings. The highest BCUT2D eigenvalue weighted by molar-refractivity contribution is 5.85.